The van der Waals surface area contributed by atoms with Gasteiger partial charge >= 0.3 is 0 Å². The highest BCUT2D eigenvalue weighted by molar-refractivity contribution is 6.11. The highest BCUT2D eigenvalue weighted by Crippen LogP contribution is 2.53. The van der Waals surface area contributed by atoms with Crippen molar-refractivity contribution in [3.8, 4) is 0 Å². The van der Waals surface area contributed by atoms with Crippen LogP contribution in [0.4, 0.5) is 0 Å². The third kappa shape index (κ3) is 2.62. The maximum Gasteiger partial charge on any atom is 0.236 e. The molecule has 4 atom stereocenters. The second kappa shape index (κ2) is 7.05. The fourth-order valence-electron chi connectivity index (χ4n) is 5.41. The first-order chi connectivity index (χ1) is 15.6. The Hall–Kier alpha value is -3.93. The van der Waals surface area contributed by atoms with Gasteiger partial charge in [0.05, 0.1) is 30.7 Å². The number of likely N-dealkylation sites (tertiary alicyclic amines) is 1. The second-order valence-corrected chi connectivity index (χ2v) is 8.42. The van der Waals surface area contributed by atoms with Gasteiger partial charge in [0.1, 0.15) is 6.04 Å². The molecular weight excluding hydrogens is 404 g/mol. The van der Waals surface area contributed by atoms with E-state index in [1.807, 2.05) is 71.8 Å². The van der Waals surface area contributed by atoms with Crippen LogP contribution in [0.15, 0.2) is 83.6 Å². The van der Waals surface area contributed by atoms with Crippen molar-refractivity contribution in [2.24, 2.45) is 11.8 Å². The van der Waals surface area contributed by atoms with Crippen LogP contribution in [0.1, 0.15) is 33.3 Å². The summed E-state index contributed by atoms with van der Waals surface area (Å²) in [5.74, 6) is -1.98. The number of imide groups is 1. The van der Waals surface area contributed by atoms with Gasteiger partial charge in [-0.3, -0.25) is 19.3 Å². The SMILES string of the molecule is O=C(c1ccco1)[C@@H]1[C@@H]2C(=O)N(Cc3ccccc3)C(=O)[C@@H]2[C@@H]2c3ccccc3C=CN12. The molecule has 3 aliphatic rings. The minimum absolute atomic E-state index is 0.198. The van der Waals surface area contributed by atoms with Crippen molar-refractivity contribution < 1.29 is 18.8 Å². The van der Waals surface area contributed by atoms with E-state index >= 15 is 0 Å². The molecule has 2 saturated heterocycles. The Morgan fingerprint density at radius 3 is 2.41 bits per heavy atom. The first-order valence-corrected chi connectivity index (χ1v) is 10.7. The van der Waals surface area contributed by atoms with Crippen LogP contribution in [-0.4, -0.2) is 33.4 Å². The van der Waals surface area contributed by atoms with Crippen LogP contribution in [-0.2, 0) is 16.1 Å². The van der Waals surface area contributed by atoms with E-state index in [0.717, 1.165) is 16.7 Å². The van der Waals surface area contributed by atoms with Gasteiger partial charge in [-0.1, -0.05) is 54.6 Å². The molecule has 4 heterocycles. The maximum absolute atomic E-state index is 13.6. The fourth-order valence-corrected chi connectivity index (χ4v) is 5.41. The maximum atomic E-state index is 13.6. The van der Waals surface area contributed by atoms with Crippen molar-refractivity contribution in [2.45, 2.75) is 18.6 Å². The van der Waals surface area contributed by atoms with Crippen molar-refractivity contribution in [1.29, 1.82) is 0 Å². The molecule has 0 N–H and O–H groups in total. The molecule has 2 aromatic carbocycles. The lowest BCUT2D eigenvalue weighted by atomic mass is 9.84. The summed E-state index contributed by atoms with van der Waals surface area (Å²) in [6.07, 6.45) is 5.23. The Bertz CT molecular complexity index is 1250. The van der Waals surface area contributed by atoms with Crippen LogP contribution in [0.2, 0.25) is 0 Å². The number of ketones is 1. The topological polar surface area (TPSA) is 70.8 Å². The molecule has 3 aliphatic heterocycles. The summed E-state index contributed by atoms with van der Waals surface area (Å²) in [4.78, 5) is 43.9. The number of carbonyl (C=O) groups is 3. The van der Waals surface area contributed by atoms with Crippen molar-refractivity contribution in [3.05, 3.63) is 102 Å². The lowest BCUT2D eigenvalue weighted by Gasteiger charge is -2.35. The summed E-state index contributed by atoms with van der Waals surface area (Å²) in [6, 6.07) is 19.4. The molecule has 0 aliphatic carbocycles. The van der Waals surface area contributed by atoms with Crippen LogP contribution < -0.4 is 0 Å². The molecule has 0 bridgehead atoms. The predicted molar refractivity (Wildman–Crippen MR) is 116 cm³/mol. The minimum Gasteiger partial charge on any atom is -0.461 e. The predicted octanol–water partition coefficient (Wildman–Crippen LogP) is 3.67. The number of fused-ring (bicyclic) bond motifs is 5. The molecule has 32 heavy (non-hydrogen) atoms. The Morgan fingerprint density at radius 2 is 1.62 bits per heavy atom. The van der Waals surface area contributed by atoms with E-state index in [9.17, 15) is 14.4 Å². The first-order valence-electron chi connectivity index (χ1n) is 10.7. The van der Waals surface area contributed by atoms with E-state index < -0.39 is 17.9 Å². The van der Waals surface area contributed by atoms with Crippen molar-refractivity contribution in [3.63, 3.8) is 0 Å². The van der Waals surface area contributed by atoms with Gasteiger partial charge in [0.25, 0.3) is 0 Å². The number of amides is 2. The molecule has 0 saturated carbocycles. The summed E-state index contributed by atoms with van der Waals surface area (Å²) in [5.41, 5.74) is 2.84. The number of hydrogen-bond donors (Lipinski definition) is 0. The third-order valence-corrected chi connectivity index (χ3v) is 6.77. The lowest BCUT2D eigenvalue weighted by Crippen LogP contribution is -2.44. The van der Waals surface area contributed by atoms with Crippen molar-refractivity contribution in [2.75, 3.05) is 0 Å². The normalized spacial score (nSPS) is 25.6. The standard InChI is InChI=1S/C26H20N2O4/c29-24(19-11-6-14-32-19)23-21-20(22-18-10-5-4-9-17(18)12-13-27(22)23)25(30)28(26(21)31)15-16-7-2-1-3-8-16/h1-14,20-23H,15H2/t20-,21+,22-,23-/m0/s1. The summed E-state index contributed by atoms with van der Waals surface area (Å²) in [5, 5.41) is 0. The van der Waals surface area contributed by atoms with Gasteiger partial charge in [-0.2, -0.15) is 0 Å². The average molecular weight is 424 g/mol. The zero-order valence-corrected chi connectivity index (χ0v) is 17.1. The number of Topliss-reactive ketones (excluding diaryl/α,β-unsaturated/α-hetero) is 1. The van der Waals surface area contributed by atoms with E-state index in [-0.39, 0.29) is 35.9 Å². The number of rotatable bonds is 4. The average Bonchev–Trinajstić information content (AvgIpc) is 3.53. The molecule has 2 fully saturated rings. The molecule has 6 rings (SSSR count). The minimum atomic E-state index is -0.794. The molecule has 2 amide bonds. The molecule has 0 unspecified atom stereocenters. The van der Waals surface area contributed by atoms with Crippen LogP contribution >= 0.6 is 0 Å². The molecule has 0 spiro atoms. The highest BCUT2D eigenvalue weighted by Gasteiger charge is 2.64. The van der Waals surface area contributed by atoms with Gasteiger partial charge < -0.3 is 9.32 Å². The number of furan rings is 1. The van der Waals surface area contributed by atoms with Crippen molar-refractivity contribution >= 4 is 23.7 Å². The van der Waals surface area contributed by atoms with Crippen molar-refractivity contribution in [1.82, 2.24) is 9.80 Å². The molecule has 6 nitrogen and oxygen atoms in total. The van der Waals surface area contributed by atoms with Gasteiger partial charge in [-0.15, -0.1) is 0 Å². The molecule has 158 valence electrons. The van der Waals surface area contributed by atoms with Gasteiger partial charge in [-0.05, 0) is 34.9 Å². The first kappa shape index (κ1) is 18.8. The monoisotopic (exact) mass is 424 g/mol. The summed E-state index contributed by atoms with van der Waals surface area (Å²) in [6.45, 7) is 0.206. The number of hydrogen-bond acceptors (Lipinski definition) is 5. The van der Waals surface area contributed by atoms with Crippen LogP contribution in [0.25, 0.3) is 6.08 Å². The molecule has 0 radical (unpaired) electrons. The van der Waals surface area contributed by atoms with Gasteiger partial charge in [0, 0.05) is 6.20 Å². The van der Waals surface area contributed by atoms with Crippen LogP contribution in [0.3, 0.4) is 0 Å². The van der Waals surface area contributed by atoms with Crippen LogP contribution in [0, 0.1) is 11.8 Å². The van der Waals surface area contributed by atoms with Gasteiger partial charge in [0.2, 0.25) is 17.6 Å². The summed E-state index contributed by atoms with van der Waals surface area (Å²) < 4.78 is 5.38. The second-order valence-electron chi connectivity index (χ2n) is 8.42. The molecule has 1 aromatic heterocycles. The smallest absolute Gasteiger partial charge is 0.236 e. The Labute approximate surface area is 184 Å². The van der Waals surface area contributed by atoms with Crippen LogP contribution in [0.5, 0.6) is 0 Å². The van der Waals surface area contributed by atoms with Gasteiger partial charge in [-0.25, -0.2) is 0 Å². The Morgan fingerprint density at radius 1 is 0.875 bits per heavy atom. The summed E-state index contributed by atoms with van der Waals surface area (Å²) >= 11 is 0. The fraction of sp³-hybridized carbons (Fsp3) is 0.192. The van der Waals surface area contributed by atoms with E-state index in [4.69, 9.17) is 4.42 Å². The number of benzene rings is 2. The third-order valence-electron chi connectivity index (χ3n) is 6.77. The number of nitrogens with zero attached hydrogens (tertiary/aromatic N) is 2. The zero-order chi connectivity index (χ0) is 21.8. The van der Waals surface area contributed by atoms with E-state index in [0.29, 0.717) is 0 Å². The zero-order valence-electron chi connectivity index (χ0n) is 17.1. The highest BCUT2D eigenvalue weighted by atomic mass is 16.3. The summed E-state index contributed by atoms with van der Waals surface area (Å²) in [7, 11) is 0. The lowest BCUT2D eigenvalue weighted by molar-refractivity contribution is -0.142. The molecule has 6 heteroatoms. The Balaban J connectivity index is 1.45. The van der Waals surface area contributed by atoms with Gasteiger partial charge in [0.15, 0.2) is 5.76 Å². The quantitative estimate of drug-likeness (QED) is 0.472. The molecular formula is C26H20N2O4. The van der Waals surface area contributed by atoms with E-state index in [2.05, 4.69) is 0 Å². The molecule has 3 aromatic rings. The van der Waals surface area contributed by atoms with E-state index in [1.165, 1.54) is 11.2 Å². The Kier molecular flexibility index (Phi) is 4.15. The largest absolute Gasteiger partial charge is 0.461 e. The number of carbonyl (C=O) groups excluding carboxylic acids is 3. The van der Waals surface area contributed by atoms with E-state index in [1.54, 1.807) is 12.1 Å².